The second-order valence-corrected chi connectivity index (χ2v) is 2.99. The molecule has 0 radical (unpaired) electrons. The number of carbonyl (C=O) groups excluding carboxylic acids is 1. The summed E-state index contributed by atoms with van der Waals surface area (Å²) < 4.78 is 0. The van der Waals surface area contributed by atoms with E-state index in [1.807, 2.05) is 32.0 Å². The van der Waals surface area contributed by atoms with Gasteiger partial charge in [0.15, 0.2) is 0 Å². The molecule has 0 aliphatic carbocycles. The van der Waals surface area contributed by atoms with Gasteiger partial charge in [0.05, 0.1) is 12.5 Å². The number of carbonyl (C=O) groups is 1. The summed E-state index contributed by atoms with van der Waals surface area (Å²) in [4.78, 5) is 10.2. The third kappa shape index (κ3) is 2.47. The van der Waals surface area contributed by atoms with E-state index in [0.29, 0.717) is 0 Å². The summed E-state index contributed by atoms with van der Waals surface area (Å²) in [5, 5.41) is 13.0. The Hall–Kier alpha value is -1.51. The Balaban J connectivity index is 2.81. The van der Waals surface area contributed by atoms with Crippen molar-refractivity contribution in [2.24, 2.45) is 0 Å². The number of carboxylic acid groups (broad SMARTS) is 1. The molecule has 0 unspecified atom stereocenters. The lowest BCUT2D eigenvalue weighted by molar-refractivity contribution is -0.302. The molecule has 0 aliphatic heterocycles. The van der Waals surface area contributed by atoms with Crippen LogP contribution in [0.3, 0.4) is 0 Å². The molecule has 0 atom stereocenters. The quantitative estimate of drug-likeness (QED) is 0.731. The van der Waals surface area contributed by atoms with Crippen LogP contribution in [-0.2, 0) is 4.79 Å². The number of nitrogens with one attached hydrogen (secondary N) is 1. The first-order valence-corrected chi connectivity index (χ1v) is 4.11. The summed E-state index contributed by atoms with van der Waals surface area (Å²) in [7, 11) is 0. The van der Waals surface area contributed by atoms with Crippen molar-refractivity contribution < 1.29 is 9.90 Å². The number of aryl methyl sites for hydroxylation is 2. The fraction of sp³-hybridized carbons (Fsp3) is 0.300. The number of hydrogen-bond donors (Lipinski definition) is 1. The maximum absolute atomic E-state index is 10.2. The molecule has 1 N–H and O–H groups in total. The van der Waals surface area contributed by atoms with Crippen molar-refractivity contribution in [3.05, 3.63) is 29.3 Å². The van der Waals surface area contributed by atoms with Crippen molar-refractivity contribution in [2.45, 2.75) is 13.8 Å². The summed E-state index contributed by atoms with van der Waals surface area (Å²) in [5.41, 5.74) is 2.97. The van der Waals surface area contributed by atoms with Gasteiger partial charge >= 0.3 is 0 Å². The highest BCUT2D eigenvalue weighted by molar-refractivity contribution is 5.72. The predicted molar refractivity (Wildman–Crippen MR) is 49.4 cm³/mol. The van der Waals surface area contributed by atoms with Crippen molar-refractivity contribution in [3.8, 4) is 0 Å². The summed E-state index contributed by atoms with van der Waals surface area (Å²) >= 11 is 0. The highest BCUT2D eigenvalue weighted by atomic mass is 16.4. The summed E-state index contributed by atoms with van der Waals surface area (Å²) in [5.74, 6) is -1.09. The Morgan fingerprint density at radius 1 is 1.38 bits per heavy atom. The average Bonchev–Trinajstić information content (AvgIpc) is 2.03. The Kier molecular flexibility index (Phi) is 2.90. The molecule has 0 amide bonds. The van der Waals surface area contributed by atoms with Gasteiger partial charge in [-0.2, -0.15) is 0 Å². The predicted octanol–water partition coefficient (Wildman–Crippen LogP) is 0.465. The van der Waals surface area contributed by atoms with Crippen LogP contribution in [-0.4, -0.2) is 12.5 Å². The molecule has 0 spiro atoms. The van der Waals surface area contributed by atoms with Crippen molar-refractivity contribution >= 4 is 11.7 Å². The van der Waals surface area contributed by atoms with E-state index in [0.717, 1.165) is 16.8 Å². The van der Waals surface area contributed by atoms with Crippen LogP contribution >= 0.6 is 0 Å². The van der Waals surface area contributed by atoms with Gasteiger partial charge in [0.25, 0.3) is 0 Å². The molecule has 1 aromatic rings. The van der Waals surface area contributed by atoms with Crippen LogP contribution in [0.15, 0.2) is 18.2 Å². The van der Waals surface area contributed by atoms with Crippen LogP contribution in [0.25, 0.3) is 0 Å². The van der Waals surface area contributed by atoms with Crippen LogP contribution in [0.2, 0.25) is 0 Å². The molecule has 0 heterocycles. The number of hydrogen-bond acceptors (Lipinski definition) is 3. The number of benzene rings is 1. The van der Waals surface area contributed by atoms with Crippen molar-refractivity contribution in [1.29, 1.82) is 0 Å². The van der Waals surface area contributed by atoms with E-state index in [1.165, 1.54) is 0 Å². The van der Waals surface area contributed by atoms with Crippen LogP contribution in [0.1, 0.15) is 11.1 Å². The van der Waals surface area contributed by atoms with Crippen LogP contribution in [0.5, 0.6) is 0 Å². The zero-order valence-corrected chi connectivity index (χ0v) is 7.76. The van der Waals surface area contributed by atoms with Gasteiger partial charge in [-0.25, -0.2) is 0 Å². The van der Waals surface area contributed by atoms with Crippen LogP contribution in [0, 0.1) is 13.8 Å². The Bertz CT molecular complexity index is 300. The molecule has 3 heteroatoms. The molecule has 0 bridgehead atoms. The lowest BCUT2D eigenvalue weighted by Crippen LogP contribution is -2.30. The van der Waals surface area contributed by atoms with Gasteiger partial charge in [0.2, 0.25) is 0 Å². The molecule has 0 fully saturated rings. The highest BCUT2D eigenvalue weighted by Gasteiger charge is 1.99. The second-order valence-electron chi connectivity index (χ2n) is 2.99. The number of aliphatic carboxylic acids is 1. The van der Waals surface area contributed by atoms with Crippen molar-refractivity contribution in [2.75, 3.05) is 11.9 Å². The first-order chi connectivity index (χ1) is 6.11. The first-order valence-electron chi connectivity index (χ1n) is 4.11. The zero-order chi connectivity index (χ0) is 9.84. The lowest BCUT2D eigenvalue weighted by atomic mass is 10.1. The van der Waals surface area contributed by atoms with Gasteiger partial charge in [-0.05, 0) is 25.0 Å². The van der Waals surface area contributed by atoms with E-state index in [1.54, 1.807) is 0 Å². The van der Waals surface area contributed by atoms with Gasteiger partial charge in [0.1, 0.15) is 0 Å². The molecule has 1 aromatic carbocycles. The molecule has 0 aromatic heterocycles. The molecule has 1 rings (SSSR count). The van der Waals surface area contributed by atoms with Gasteiger partial charge < -0.3 is 15.2 Å². The molecule has 70 valence electrons. The van der Waals surface area contributed by atoms with Gasteiger partial charge in [-0.15, -0.1) is 0 Å². The molecule has 13 heavy (non-hydrogen) atoms. The van der Waals surface area contributed by atoms with Crippen LogP contribution in [0.4, 0.5) is 5.69 Å². The molecule has 0 saturated heterocycles. The van der Waals surface area contributed by atoms with Crippen LogP contribution < -0.4 is 10.4 Å². The topological polar surface area (TPSA) is 52.2 Å². The molecule has 3 nitrogen and oxygen atoms in total. The normalized spacial score (nSPS) is 9.69. The highest BCUT2D eigenvalue weighted by Crippen LogP contribution is 2.18. The monoisotopic (exact) mass is 178 g/mol. The minimum Gasteiger partial charge on any atom is -0.548 e. The number of carboxylic acids is 1. The average molecular weight is 178 g/mol. The number of rotatable bonds is 3. The smallest absolute Gasteiger partial charge is 0.0605 e. The third-order valence-corrected chi connectivity index (χ3v) is 1.89. The van der Waals surface area contributed by atoms with E-state index in [4.69, 9.17) is 0 Å². The molecule has 0 saturated carbocycles. The molecular formula is C10H12NO2-. The maximum Gasteiger partial charge on any atom is 0.0605 e. The number of para-hydroxylation sites is 1. The first kappa shape index (κ1) is 9.58. The van der Waals surface area contributed by atoms with E-state index in [9.17, 15) is 9.90 Å². The molecular weight excluding hydrogens is 166 g/mol. The van der Waals surface area contributed by atoms with Gasteiger partial charge in [0, 0.05) is 5.69 Å². The summed E-state index contributed by atoms with van der Waals surface area (Å²) in [6.45, 7) is 3.72. The van der Waals surface area contributed by atoms with Gasteiger partial charge in [-0.1, -0.05) is 18.2 Å². The number of anilines is 1. The fourth-order valence-electron chi connectivity index (χ4n) is 1.25. The minimum atomic E-state index is -1.09. The SMILES string of the molecule is Cc1cccc(C)c1NCC(=O)[O-]. The van der Waals surface area contributed by atoms with Gasteiger partial charge in [-0.3, -0.25) is 0 Å². The fourth-order valence-corrected chi connectivity index (χ4v) is 1.25. The summed E-state index contributed by atoms with van der Waals surface area (Å²) in [6.07, 6.45) is 0. The van der Waals surface area contributed by atoms with E-state index >= 15 is 0 Å². The minimum absolute atomic E-state index is 0.147. The van der Waals surface area contributed by atoms with E-state index in [-0.39, 0.29) is 6.54 Å². The Morgan fingerprint density at radius 3 is 2.38 bits per heavy atom. The lowest BCUT2D eigenvalue weighted by Gasteiger charge is -2.12. The molecule has 0 aliphatic rings. The van der Waals surface area contributed by atoms with E-state index in [2.05, 4.69) is 5.32 Å². The zero-order valence-electron chi connectivity index (χ0n) is 7.76. The standard InChI is InChI=1S/C10H13NO2/c1-7-4-3-5-8(2)10(7)11-6-9(12)13/h3-5,11H,6H2,1-2H3,(H,12,13)/p-1. The van der Waals surface area contributed by atoms with Crippen molar-refractivity contribution in [3.63, 3.8) is 0 Å². The van der Waals surface area contributed by atoms with Crippen molar-refractivity contribution in [1.82, 2.24) is 0 Å². The maximum atomic E-state index is 10.2. The second kappa shape index (κ2) is 3.94. The summed E-state index contributed by atoms with van der Waals surface area (Å²) in [6, 6.07) is 5.81. The Morgan fingerprint density at radius 2 is 1.92 bits per heavy atom. The Labute approximate surface area is 77.4 Å². The van der Waals surface area contributed by atoms with E-state index < -0.39 is 5.97 Å². The third-order valence-electron chi connectivity index (χ3n) is 1.89. The largest absolute Gasteiger partial charge is 0.548 e.